The van der Waals surface area contributed by atoms with Crippen LogP contribution in [0.5, 0.6) is 0 Å². The van der Waals surface area contributed by atoms with E-state index in [1.54, 1.807) is 18.2 Å². The summed E-state index contributed by atoms with van der Waals surface area (Å²) in [5.41, 5.74) is 1.20. The molecule has 2 N–H and O–H groups in total. The van der Waals surface area contributed by atoms with Crippen LogP contribution in [-0.2, 0) is 4.79 Å². The van der Waals surface area contributed by atoms with Crippen LogP contribution in [0.15, 0.2) is 54.6 Å². The third kappa shape index (κ3) is 3.24. The van der Waals surface area contributed by atoms with Crippen molar-refractivity contribution in [1.29, 1.82) is 0 Å². The van der Waals surface area contributed by atoms with E-state index in [2.05, 4.69) is 15.5 Å². The molecule has 1 aliphatic heterocycles. The molecule has 8 heteroatoms. The first-order chi connectivity index (χ1) is 13.5. The van der Waals surface area contributed by atoms with Gasteiger partial charge in [-0.2, -0.15) is 5.10 Å². The van der Waals surface area contributed by atoms with Gasteiger partial charge in [0.1, 0.15) is 23.4 Å². The maximum Gasteiger partial charge on any atom is 0.272 e. The van der Waals surface area contributed by atoms with Gasteiger partial charge in [-0.3, -0.25) is 14.7 Å². The largest absolute Gasteiger partial charge is 0.352 e. The third-order valence-corrected chi connectivity index (χ3v) is 4.62. The van der Waals surface area contributed by atoms with E-state index in [9.17, 15) is 18.4 Å². The van der Waals surface area contributed by atoms with Crippen LogP contribution < -0.4 is 5.32 Å². The summed E-state index contributed by atoms with van der Waals surface area (Å²) in [6.07, 6.45) is 0. The Hall–Kier alpha value is -3.55. The zero-order valence-electron chi connectivity index (χ0n) is 14.7. The van der Waals surface area contributed by atoms with Gasteiger partial charge in [0.2, 0.25) is 5.91 Å². The predicted octanol–water partition coefficient (Wildman–Crippen LogP) is 2.67. The van der Waals surface area contributed by atoms with Gasteiger partial charge in [-0.25, -0.2) is 8.78 Å². The van der Waals surface area contributed by atoms with Gasteiger partial charge in [0.05, 0.1) is 5.69 Å². The predicted molar refractivity (Wildman–Crippen MR) is 97.2 cm³/mol. The minimum atomic E-state index is -0.887. The molecule has 6 nitrogen and oxygen atoms in total. The number of H-pyrrole nitrogens is 1. The number of amides is 2. The van der Waals surface area contributed by atoms with Crippen LogP contribution in [0.1, 0.15) is 22.1 Å². The van der Waals surface area contributed by atoms with Crippen LogP contribution in [0.3, 0.4) is 0 Å². The number of nitrogens with one attached hydrogen (secondary N) is 2. The Morgan fingerprint density at radius 3 is 2.61 bits per heavy atom. The van der Waals surface area contributed by atoms with Crippen molar-refractivity contribution in [2.75, 3.05) is 13.1 Å². The summed E-state index contributed by atoms with van der Waals surface area (Å²) in [6, 6.07) is 12.1. The fraction of sp³-hybridized carbons (Fsp3) is 0.150. The number of hydrogen-bond donors (Lipinski definition) is 2. The van der Waals surface area contributed by atoms with Crippen molar-refractivity contribution >= 4 is 11.8 Å². The Morgan fingerprint density at radius 1 is 1.11 bits per heavy atom. The van der Waals surface area contributed by atoms with Gasteiger partial charge in [-0.05, 0) is 35.9 Å². The minimum absolute atomic E-state index is 0.139. The average molecular weight is 382 g/mol. The smallest absolute Gasteiger partial charge is 0.272 e. The maximum atomic E-state index is 14.0. The molecule has 0 radical (unpaired) electrons. The van der Waals surface area contributed by atoms with Gasteiger partial charge in [-0.15, -0.1) is 0 Å². The SMILES string of the molecule is O=C1NCCN(C(=O)c2cc(-c3ccccc3F)n[nH]2)[C@H]1c1ccc(F)cc1. The first-order valence-corrected chi connectivity index (χ1v) is 8.69. The molecule has 1 saturated heterocycles. The lowest BCUT2D eigenvalue weighted by Gasteiger charge is -2.35. The molecule has 1 atom stereocenters. The molecule has 0 aliphatic carbocycles. The Morgan fingerprint density at radius 2 is 1.86 bits per heavy atom. The molecule has 142 valence electrons. The minimum Gasteiger partial charge on any atom is -0.352 e. The number of nitrogens with zero attached hydrogens (tertiary/aromatic N) is 2. The quantitative estimate of drug-likeness (QED) is 0.731. The zero-order chi connectivity index (χ0) is 19.7. The van der Waals surface area contributed by atoms with Crippen LogP contribution in [0.2, 0.25) is 0 Å². The number of rotatable bonds is 3. The molecular formula is C20H16F2N4O2. The Balaban J connectivity index is 1.65. The summed E-state index contributed by atoms with van der Waals surface area (Å²) >= 11 is 0. The number of halogens is 2. The highest BCUT2D eigenvalue weighted by molar-refractivity contribution is 5.98. The van der Waals surface area contributed by atoms with E-state index in [1.165, 1.54) is 41.3 Å². The third-order valence-electron chi connectivity index (χ3n) is 4.62. The lowest BCUT2D eigenvalue weighted by Crippen LogP contribution is -2.52. The lowest BCUT2D eigenvalue weighted by molar-refractivity contribution is -0.128. The molecule has 4 rings (SSSR count). The van der Waals surface area contributed by atoms with E-state index in [1.807, 2.05) is 0 Å². The Kier molecular flexibility index (Phi) is 4.60. The zero-order valence-corrected chi connectivity index (χ0v) is 14.7. The molecule has 2 aromatic carbocycles. The number of piperazine rings is 1. The second kappa shape index (κ2) is 7.22. The van der Waals surface area contributed by atoms with Crippen molar-refractivity contribution in [2.45, 2.75) is 6.04 Å². The topological polar surface area (TPSA) is 78.1 Å². The average Bonchev–Trinajstić information content (AvgIpc) is 3.18. The second-order valence-electron chi connectivity index (χ2n) is 6.39. The van der Waals surface area contributed by atoms with Crippen LogP contribution in [0, 0.1) is 11.6 Å². The monoisotopic (exact) mass is 382 g/mol. The molecule has 0 saturated carbocycles. The first-order valence-electron chi connectivity index (χ1n) is 8.69. The van der Waals surface area contributed by atoms with Gasteiger partial charge in [0.25, 0.3) is 5.91 Å². The summed E-state index contributed by atoms with van der Waals surface area (Å²) in [6.45, 7) is 0.581. The second-order valence-corrected chi connectivity index (χ2v) is 6.39. The Labute approximate surface area is 159 Å². The fourth-order valence-corrected chi connectivity index (χ4v) is 3.25. The van der Waals surface area contributed by atoms with Crippen LogP contribution in [-0.4, -0.2) is 40.0 Å². The molecule has 0 unspecified atom stereocenters. The molecule has 0 spiro atoms. The van der Waals surface area contributed by atoms with E-state index >= 15 is 0 Å². The molecule has 1 fully saturated rings. The fourth-order valence-electron chi connectivity index (χ4n) is 3.25. The molecule has 3 aromatic rings. The molecule has 2 amide bonds. The number of carbonyl (C=O) groups excluding carboxylic acids is 2. The van der Waals surface area contributed by atoms with Crippen molar-refractivity contribution in [3.8, 4) is 11.3 Å². The van der Waals surface area contributed by atoms with Gasteiger partial charge in [-0.1, -0.05) is 24.3 Å². The van der Waals surface area contributed by atoms with Crippen LogP contribution in [0.25, 0.3) is 11.3 Å². The van der Waals surface area contributed by atoms with E-state index < -0.39 is 23.6 Å². The van der Waals surface area contributed by atoms with E-state index in [0.717, 1.165) is 0 Å². The molecule has 2 heterocycles. The van der Waals surface area contributed by atoms with Gasteiger partial charge < -0.3 is 10.2 Å². The van der Waals surface area contributed by atoms with Crippen molar-refractivity contribution in [3.63, 3.8) is 0 Å². The van der Waals surface area contributed by atoms with Crippen molar-refractivity contribution in [2.24, 2.45) is 0 Å². The Bertz CT molecular complexity index is 1030. The summed E-state index contributed by atoms with van der Waals surface area (Å²) in [7, 11) is 0. The van der Waals surface area contributed by atoms with Crippen molar-refractivity contribution < 1.29 is 18.4 Å². The summed E-state index contributed by atoms with van der Waals surface area (Å²) in [5.74, 6) is -1.67. The summed E-state index contributed by atoms with van der Waals surface area (Å²) < 4.78 is 27.2. The summed E-state index contributed by atoms with van der Waals surface area (Å²) in [4.78, 5) is 26.8. The molecule has 0 bridgehead atoms. The number of aromatic amines is 1. The molecule has 1 aromatic heterocycles. The van der Waals surface area contributed by atoms with Gasteiger partial charge in [0, 0.05) is 18.7 Å². The summed E-state index contributed by atoms with van der Waals surface area (Å²) in [5, 5.41) is 9.37. The number of carbonyl (C=O) groups is 2. The number of hydrogen-bond acceptors (Lipinski definition) is 3. The highest BCUT2D eigenvalue weighted by atomic mass is 19.1. The highest BCUT2D eigenvalue weighted by Crippen LogP contribution is 2.27. The maximum absolute atomic E-state index is 14.0. The van der Waals surface area contributed by atoms with Crippen molar-refractivity contribution in [3.05, 3.63) is 77.5 Å². The van der Waals surface area contributed by atoms with Gasteiger partial charge >= 0.3 is 0 Å². The highest BCUT2D eigenvalue weighted by Gasteiger charge is 2.35. The van der Waals surface area contributed by atoms with Crippen LogP contribution in [0.4, 0.5) is 8.78 Å². The van der Waals surface area contributed by atoms with E-state index in [0.29, 0.717) is 17.8 Å². The van der Waals surface area contributed by atoms with E-state index in [-0.39, 0.29) is 23.7 Å². The standard InChI is InChI=1S/C20H16F2N4O2/c21-13-7-5-12(6-8-13)18-19(27)23-9-10-26(18)20(28)17-11-16(24-25-17)14-3-1-2-4-15(14)22/h1-8,11,18H,9-10H2,(H,23,27)(H,24,25)/t18-/m0/s1. The van der Waals surface area contributed by atoms with Crippen molar-refractivity contribution in [1.82, 2.24) is 20.4 Å². The van der Waals surface area contributed by atoms with E-state index in [4.69, 9.17) is 0 Å². The van der Waals surface area contributed by atoms with Gasteiger partial charge in [0.15, 0.2) is 0 Å². The molecule has 1 aliphatic rings. The first kappa shape index (κ1) is 17.8. The number of benzene rings is 2. The number of aromatic nitrogens is 2. The molecular weight excluding hydrogens is 366 g/mol. The van der Waals surface area contributed by atoms with Crippen LogP contribution >= 0.6 is 0 Å². The lowest BCUT2D eigenvalue weighted by atomic mass is 10.0. The molecule has 28 heavy (non-hydrogen) atoms. The normalized spacial score (nSPS) is 16.7.